The van der Waals surface area contributed by atoms with Crippen molar-refractivity contribution in [2.24, 2.45) is 5.73 Å². The van der Waals surface area contributed by atoms with Crippen LogP contribution >= 0.6 is 0 Å². The Hall–Kier alpha value is -1.02. The summed E-state index contributed by atoms with van der Waals surface area (Å²) in [7, 11) is 0. The third kappa shape index (κ3) is 3.92. The Morgan fingerprint density at radius 1 is 1.20 bits per heavy atom. The molecule has 0 aromatic heterocycles. The minimum Gasteiger partial charge on any atom is -0.491 e. The normalized spacial score (nSPS) is 14.7. The lowest BCUT2D eigenvalue weighted by atomic mass is 10.1. The van der Waals surface area contributed by atoms with Crippen LogP contribution in [0.1, 0.15) is 45.2 Å². The molecule has 2 N–H and O–H groups in total. The van der Waals surface area contributed by atoms with Gasteiger partial charge < -0.3 is 10.5 Å². The Morgan fingerprint density at radius 2 is 1.80 bits per heavy atom. The van der Waals surface area contributed by atoms with E-state index >= 15 is 0 Å². The highest BCUT2D eigenvalue weighted by Crippen LogP contribution is 2.18. The molecule has 2 nitrogen and oxygen atoms in total. The SMILES string of the molecule is CCCC(C)Oc1ccc([C@H](C)N)cc1. The molecule has 2 heteroatoms. The summed E-state index contributed by atoms with van der Waals surface area (Å²) in [5.74, 6) is 0.931. The second-order valence-electron chi connectivity index (χ2n) is 4.07. The number of hydrogen-bond acceptors (Lipinski definition) is 2. The molecule has 1 unspecified atom stereocenters. The average molecular weight is 207 g/mol. The Bertz CT molecular complexity index is 279. The number of rotatable bonds is 5. The van der Waals surface area contributed by atoms with Crippen LogP contribution < -0.4 is 10.5 Å². The monoisotopic (exact) mass is 207 g/mol. The number of nitrogens with two attached hydrogens (primary N) is 1. The maximum atomic E-state index is 5.77. The van der Waals surface area contributed by atoms with Gasteiger partial charge in [0.2, 0.25) is 0 Å². The van der Waals surface area contributed by atoms with Gasteiger partial charge in [0.25, 0.3) is 0 Å². The van der Waals surface area contributed by atoms with E-state index in [0.717, 1.165) is 24.2 Å². The third-order valence-corrected chi connectivity index (χ3v) is 2.44. The molecule has 0 amide bonds. The quantitative estimate of drug-likeness (QED) is 0.804. The topological polar surface area (TPSA) is 35.2 Å². The van der Waals surface area contributed by atoms with E-state index in [2.05, 4.69) is 13.8 Å². The van der Waals surface area contributed by atoms with Crippen LogP contribution in [0.15, 0.2) is 24.3 Å². The van der Waals surface area contributed by atoms with Crippen LogP contribution in [0.25, 0.3) is 0 Å². The molecule has 0 saturated carbocycles. The molecular formula is C13H21NO. The zero-order valence-corrected chi connectivity index (χ0v) is 9.86. The number of benzene rings is 1. The van der Waals surface area contributed by atoms with Gasteiger partial charge in [-0.25, -0.2) is 0 Å². The van der Waals surface area contributed by atoms with Gasteiger partial charge >= 0.3 is 0 Å². The summed E-state index contributed by atoms with van der Waals surface area (Å²) in [5, 5.41) is 0. The molecule has 0 aliphatic carbocycles. The van der Waals surface area contributed by atoms with E-state index in [1.54, 1.807) is 0 Å². The first-order chi connectivity index (χ1) is 7.13. The summed E-state index contributed by atoms with van der Waals surface area (Å²) in [5.41, 5.74) is 6.92. The van der Waals surface area contributed by atoms with Crippen LogP contribution in [0.3, 0.4) is 0 Å². The fraction of sp³-hybridized carbons (Fsp3) is 0.538. The van der Waals surface area contributed by atoms with Gasteiger partial charge in [0.05, 0.1) is 6.10 Å². The standard InChI is InChI=1S/C13H21NO/c1-4-5-10(2)15-13-8-6-12(7-9-13)11(3)14/h6-11H,4-5,14H2,1-3H3/t10?,11-/m0/s1. The van der Waals surface area contributed by atoms with Crippen molar-refractivity contribution >= 4 is 0 Å². The van der Waals surface area contributed by atoms with Crippen LogP contribution in [0, 0.1) is 0 Å². The number of ether oxygens (including phenoxy) is 1. The average Bonchev–Trinajstić information content (AvgIpc) is 2.18. The first-order valence-corrected chi connectivity index (χ1v) is 5.65. The molecule has 1 rings (SSSR count). The zero-order valence-electron chi connectivity index (χ0n) is 9.86. The van der Waals surface area contributed by atoms with E-state index in [4.69, 9.17) is 10.5 Å². The van der Waals surface area contributed by atoms with Crippen molar-refractivity contribution in [3.8, 4) is 5.75 Å². The second-order valence-corrected chi connectivity index (χ2v) is 4.07. The van der Waals surface area contributed by atoms with E-state index in [1.165, 1.54) is 0 Å². The van der Waals surface area contributed by atoms with E-state index in [0.29, 0.717) is 0 Å². The van der Waals surface area contributed by atoms with Crippen molar-refractivity contribution < 1.29 is 4.74 Å². The molecule has 15 heavy (non-hydrogen) atoms. The van der Waals surface area contributed by atoms with E-state index in [1.807, 2.05) is 31.2 Å². The largest absolute Gasteiger partial charge is 0.491 e. The first kappa shape index (κ1) is 12.1. The molecule has 0 aliphatic rings. The van der Waals surface area contributed by atoms with Gasteiger partial charge in [-0.2, -0.15) is 0 Å². The summed E-state index contributed by atoms with van der Waals surface area (Å²) in [6.07, 6.45) is 2.53. The van der Waals surface area contributed by atoms with Crippen molar-refractivity contribution in [3.63, 3.8) is 0 Å². The van der Waals surface area contributed by atoms with E-state index in [-0.39, 0.29) is 12.1 Å². The molecule has 0 aliphatic heterocycles. The molecule has 1 aromatic rings. The van der Waals surface area contributed by atoms with Crippen LogP contribution in [0.4, 0.5) is 0 Å². The van der Waals surface area contributed by atoms with Crippen molar-refractivity contribution in [3.05, 3.63) is 29.8 Å². The molecule has 0 fully saturated rings. The van der Waals surface area contributed by atoms with Gasteiger partial charge in [-0.05, 0) is 38.0 Å². The molecule has 0 radical (unpaired) electrons. The smallest absolute Gasteiger partial charge is 0.119 e. The summed E-state index contributed by atoms with van der Waals surface area (Å²) < 4.78 is 5.75. The first-order valence-electron chi connectivity index (χ1n) is 5.65. The summed E-state index contributed by atoms with van der Waals surface area (Å²) in [6.45, 7) is 6.25. The van der Waals surface area contributed by atoms with Gasteiger partial charge in [0.1, 0.15) is 5.75 Å². The highest BCUT2D eigenvalue weighted by molar-refractivity contribution is 5.28. The minimum absolute atomic E-state index is 0.0899. The molecule has 1 aromatic carbocycles. The van der Waals surface area contributed by atoms with Gasteiger partial charge in [-0.3, -0.25) is 0 Å². The number of hydrogen-bond donors (Lipinski definition) is 1. The zero-order chi connectivity index (χ0) is 11.3. The van der Waals surface area contributed by atoms with Crippen LogP contribution in [-0.2, 0) is 0 Å². The Kier molecular flexibility index (Phi) is 4.63. The molecule has 0 spiro atoms. The highest BCUT2D eigenvalue weighted by Gasteiger charge is 2.03. The minimum atomic E-state index is 0.0899. The molecule has 2 atom stereocenters. The van der Waals surface area contributed by atoms with Crippen LogP contribution in [0.2, 0.25) is 0 Å². The van der Waals surface area contributed by atoms with Crippen molar-refractivity contribution in [1.29, 1.82) is 0 Å². The lowest BCUT2D eigenvalue weighted by Crippen LogP contribution is -2.11. The Morgan fingerprint density at radius 3 is 2.27 bits per heavy atom. The summed E-state index contributed by atoms with van der Waals surface area (Å²) >= 11 is 0. The predicted octanol–water partition coefficient (Wildman–Crippen LogP) is 3.27. The lowest BCUT2D eigenvalue weighted by molar-refractivity contribution is 0.210. The van der Waals surface area contributed by atoms with Crippen LogP contribution in [-0.4, -0.2) is 6.10 Å². The lowest BCUT2D eigenvalue weighted by Gasteiger charge is -2.14. The molecular weight excluding hydrogens is 186 g/mol. The van der Waals surface area contributed by atoms with E-state index < -0.39 is 0 Å². The van der Waals surface area contributed by atoms with Crippen molar-refractivity contribution in [1.82, 2.24) is 0 Å². The maximum Gasteiger partial charge on any atom is 0.119 e. The van der Waals surface area contributed by atoms with E-state index in [9.17, 15) is 0 Å². The molecule has 0 saturated heterocycles. The third-order valence-electron chi connectivity index (χ3n) is 2.44. The fourth-order valence-electron chi connectivity index (χ4n) is 1.55. The van der Waals surface area contributed by atoms with Crippen molar-refractivity contribution in [2.45, 2.75) is 45.8 Å². The molecule has 0 heterocycles. The summed E-state index contributed by atoms with van der Waals surface area (Å²) in [4.78, 5) is 0. The molecule has 84 valence electrons. The highest BCUT2D eigenvalue weighted by atomic mass is 16.5. The van der Waals surface area contributed by atoms with Gasteiger partial charge in [0, 0.05) is 6.04 Å². The Labute approximate surface area is 92.4 Å². The molecule has 0 bridgehead atoms. The second kappa shape index (κ2) is 5.76. The van der Waals surface area contributed by atoms with Gasteiger partial charge in [0.15, 0.2) is 0 Å². The van der Waals surface area contributed by atoms with Gasteiger partial charge in [-0.15, -0.1) is 0 Å². The Balaban J connectivity index is 2.56. The maximum absolute atomic E-state index is 5.77. The summed E-state index contributed by atoms with van der Waals surface area (Å²) in [6, 6.07) is 8.12. The van der Waals surface area contributed by atoms with Gasteiger partial charge in [-0.1, -0.05) is 25.5 Å². The predicted molar refractivity (Wildman–Crippen MR) is 64.0 cm³/mol. The fourth-order valence-corrected chi connectivity index (χ4v) is 1.55. The van der Waals surface area contributed by atoms with Crippen LogP contribution in [0.5, 0.6) is 5.75 Å². The van der Waals surface area contributed by atoms with Crippen molar-refractivity contribution in [2.75, 3.05) is 0 Å².